The van der Waals surface area contributed by atoms with E-state index in [4.69, 9.17) is 16.7 Å². The summed E-state index contributed by atoms with van der Waals surface area (Å²) in [6, 6.07) is 5.97. The monoisotopic (exact) mass is 331 g/mol. The lowest BCUT2D eigenvalue weighted by atomic mass is 10.1. The van der Waals surface area contributed by atoms with Gasteiger partial charge in [0.15, 0.2) is 0 Å². The summed E-state index contributed by atoms with van der Waals surface area (Å²) in [6.45, 7) is 3.48. The molecule has 1 aromatic carbocycles. The SMILES string of the molecule is CC(c1ccc(Br)cc1Cl)N1CCC(C(=O)O)C1. The molecule has 1 aliphatic rings. The van der Waals surface area contributed by atoms with Gasteiger partial charge in [-0.1, -0.05) is 33.6 Å². The number of aliphatic carboxylic acids is 1. The second-order valence-corrected chi connectivity index (χ2v) is 5.98. The predicted octanol–water partition coefficient (Wildman–Crippen LogP) is 3.57. The van der Waals surface area contributed by atoms with E-state index in [9.17, 15) is 4.79 Å². The Kier molecular flexibility index (Phi) is 4.30. The van der Waals surface area contributed by atoms with Gasteiger partial charge in [0.2, 0.25) is 0 Å². The molecule has 0 bridgehead atoms. The molecule has 5 heteroatoms. The van der Waals surface area contributed by atoms with Crippen molar-refractivity contribution in [2.45, 2.75) is 19.4 Å². The molecule has 18 heavy (non-hydrogen) atoms. The Balaban J connectivity index is 2.12. The lowest BCUT2D eigenvalue weighted by Gasteiger charge is -2.25. The van der Waals surface area contributed by atoms with Crippen LogP contribution >= 0.6 is 27.5 Å². The number of carboxylic acids is 1. The molecule has 0 saturated carbocycles. The van der Waals surface area contributed by atoms with Crippen molar-refractivity contribution in [1.82, 2.24) is 4.90 Å². The third-order valence-electron chi connectivity index (χ3n) is 3.53. The van der Waals surface area contributed by atoms with Crippen LogP contribution in [0.15, 0.2) is 22.7 Å². The number of carboxylic acid groups (broad SMARTS) is 1. The summed E-state index contributed by atoms with van der Waals surface area (Å²) in [6.07, 6.45) is 0.716. The molecule has 98 valence electrons. The fraction of sp³-hybridized carbons (Fsp3) is 0.462. The van der Waals surface area contributed by atoms with E-state index in [1.54, 1.807) is 0 Å². The quantitative estimate of drug-likeness (QED) is 0.920. The largest absolute Gasteiger partial charge is 0.481 e. The van der Waals surface area contributed by atoms with Gasteiger partial charge in [0.05, 0.1) is 5.92 Å². The van der Waals surface area contributed by atoms with Gasteiger partial charge in [-0.15, -0.1) is 0 Å². The molecule has 1 heterocycles. The third-order valence-corrected chi connectivity index (χ3v) is 4.35. The van der Waals surface area contributed by atoms with Crippen LogP contribution in [0.4, 0.5) is 0 Å². The summed E-state index contributed by atoms with van der Waals surface area (Å²) in [5, 5.41) is 9.73. The van der Waals surface area contributed by atoms with Gasteiger partial charge in [0.1, 0.15) is 0 Å². The van der Waals surface area contributed by atoms with Crippen LogP contribution < -0.4 is 0 Å². The second kappa shape index (κ2) is 5.59. The van der Waals surface area contributed by atoms with Crippen molar-refractivity contribution in [3.05, 3.63) is 33.3 Å². The summed E-state index contributed by atoms with van der Waals surface area (Å²) in [7, 11) is 0. The Morgan fingerprint density at radius 3 is 2.89 bits per heavy atom. The molecule has 1 aromatic rings. The zero-order chi connectivity index (χ0) is 13.3. The van der Waals surface area contributed by atoms with Crippen LogP contribution in [0.1, 0.15) is 24.9 Å². The fourth-order valence-electron chi connectivity index (χ4n) is 2.38. The summed E-state index contributed by atoms with van der Waals surface area (Å²) < 4.78 is 0.952. The van der Waals surface area contributed by atoms with E-state index in [0.29, 0.717) is 13.0 Å². The number of halogens is 2. The average Bonchev–Trinajstić information content (AvgIpc) is 2.77. The van der Waals surface area contributed by atoms with E-state index in [-0.39, 0.29) is 12.0 Å². The van der Waals surface area contributed by atoms with Crippen LogP contribution in [0, 0.1) is 5.92 Å². The van der Waals surface area contributed by atoms with Gasteiger partial charge < -0.3 is 5.11 Å². The van der Waals surface area contributed by atoms with Gasteiger partial charge in [-0.25, -0.2) is 0 Å². The highest BCUT2D eigenvalue weighted by atomic mass is 79.9. The molecular formula is C13H15BrClNO2. The van der Waals surface area contributed by atoms with Gasteiger partial charge in [-0.05, 0) is 37.6 Å². The van der Waals surface area contributed by atoms with Crippen LogP contribution in [0.3, 0.4) is 0 Å². The van der Waals surface area contributed by atoms with Gasteiger partial charge >= 0.3 is 5.97 Å². The Labute approximate surface area is 120 Å². The minimum Gasteiger partial charge on any atom is -0.481 e. The van der Waals surface area contributed by atoms with Crippen LogP contribution in [0.2, 0.25) is 5.02 Å². The number of hydrogen-bond donors (Lipinski definition) is 1. The second-order valence-electron chi connectivity index (χ2n) is 4.66. The first kappa shape index (κ1) is 13.8. The van der Waals surface area contributed by atoms with Crippen LogP contribution in [-0.4, -0.2) is 29.1 Å². The van der Waals surface area contributed by atoms with Gasteiger partial charge in [0, 0.05) is 22.1 Å². The molecule has 1 fully saturated rings. The predicted molar refractivity (Wildman–Crippen MR) is 74.9 cm³/mol. The van der Waals surface area contributed by atoms with Crippen molar-refractivity contribution < 1.29 is 9.90 Å². The van der Waals surface area contributed by atoms with Crippen LogP contribution in [0.5, 0.6) is 0 Å². The van der Waals surface area contributed by atoms with Crippen molar-refractivity contribution in [2.75, 3.05) is 13.1 Å². The Morgan fingerprint density at radius 1 is 1.61 bits per heavy atom. The maximum Gasteiger partial charge on any atom is 0.307 e. The average molecular weight is 333 g/mol. The number of nitrogens with zero attached hydrogens (tertiary/aromatic N) is 1. The zero-order valence-corrected chi connectivity index (χ0v) is 12.4. The summed E-state index contributed by atoms with van der Waals surface area (Å²) >= 11 is 9.61. The first-order valence-electron chi connectivity index (χ1n) is 5.91. The van der Waals surface area contributed by atoms with Crippen molar-refractivity contribution in [3.63, 3.8) is 0 Å². The molecule has 1 N–H and O–H groups in total. The summed E-state index contributed by atoms with van der Waals surface area (Å²) in [5.74, 6) is -0.951. The molecule has 2 atom stereocenters. The van der Waals surface area contributed by atoms with Crippen molar-refractivity contribution in [3.8, 4) is 0 Å². The van der Waals surface area contributed by atoms with E-state index in [1.807, 2.05) is 18.2 Å². The lowest BCUT2D eigenvalue weighted by molar-refractivity contribution is -0.141. The zero-order valence-electron chi connectivity index (χ0n) is 10.1. The molecule has 0 aromatic heterocycles. The third kappa shape index (κ3) is 2.87. The molecule has 0 aliphatic carbocycles. The molecule has 0 spiro atoms. The Morgan fingerprint density at radius 2 is 2.33 bits per heavy atom. The minimum absolute atomic E-state index is 0.148. The Bertz CT molecular complexity index is 466. The maximum absolute atomic E-state index is 11.0. The first-order chi connectivity index (χ1) is 8.49. The van der Waals surface area contributed by atoms with Gasteiger partial charge in [-0.2, -0.15) is 0 Å². The normalized spacial score (nSPS) is 22.1. The molecular weight excluding hydrogens is 318 g/mol. The van der Waals surface area contributed by atoms with Gasteiger partial charge in [0.25, 0.3) is 0 Å². The van der Waals surface area contributed by atoms with Crippen molar-refractivity contribution in [2.24, 2.45) is 5.92 Å². The molecule has 0 radical (unpaired) electrons. The lowest BCUT2D eigenvalue weighted by Crippen LogP contribution is -2.26. The van der Waals surface area contributed by atoms with E-state index in [0.717, 1.165) is 21.6 Å². The molecule has 3 nitrogen and oxygen atoms in total. The number of likely N-dealkylation sites (tertiary alicyclic amines) is 1. The number of benzene rings is 1. The van der Waals surface area contributed by atoms with E-state index < -0.39 is 5.97 Å². The van der Waals surface area contributed by atoms with E-state index in [1.165, 1.54) is 0 Å². The van der Waals surface area contributed by atoms with Crippen LogP contribution in [-0.2, 0) is 4.79 Å². The molecule has 1 saturated heterocycles. The maximum atomic E-state index is 11.0. The smallest absolute Gasteiger partial charge is 0.307 e. The topological polar surface area (TPSA) is 40.5 Å². The molecule has 0 amide bonds. The first-order valence-corrected chi connectivity index (χ1v) is 7.08. The van der Waals surface area contributed by atoms with Crippen molar-refractivity contribution in [1.29, 1.82) is 0 Å². The fourth-order valence-corrected chi connectivity index (χ4v) is 3.21. The summed E-state index contributed by atoms with van der Waals surface area (Å²) in [5.41, 5.74) is 1.05. The van der Waals surface area contributed by atoms with Crippen molar-refractivity contribution >= 4 is 33.5 Å². The number of rotatable bonds is 3. The number of hydrogen-bond acceptors (Lipinski definition) is 2. The highest BCUT2D eigenvalue weighted by Gasteiger charge is 2.31. The number of carbonyl (C=O) groups is 1. The molecule has 2 unspecified atom stereocenters. The molecule has 1 aliphatic heterocycles. The minimum atomic E-state index is -0.702. The summed E-state index contributed by atoms with van der Waals surface area (Å²) in [4.78, 5) is 13.1. The van der Waals surface area contributed by atoms with E-state index >= 15 is 0 Å². The van der Waals surface area contributed by atoms with Gasteiger partial charge in [-0.3, -0.25) is 9.69 Å². The standard InChI is InChI=1S/C13H15BrClNO2/c1-8(11-3-2-10(14)6-12(11)15)16-5-4-9(7-16)13(17)18/h2-3,6,8-9H,4-5,7H2,1H3,(H,17,18). The highest BCUT2D eigenvalue weighted by molar-refractivity contribution is 9.10. The molecule has 2 rings (SSSR count). The Hall–Kier alpha value is -0.580. The van der Waals surface area contributed by atoms with Crippen LogP contribution in [0.25, 0.3) is 0 Å². The van der Waals surface area contributed by atoms with E-state index in [2.05, 4.69) is 27.8 Å². The highest BCUT2D eigenvalue weighted by Crippen LogP contribution is 2.32.